The van der Waals surface area contributed by atoms with E-state index in [4.69, 9.17) is 10.5 Å². The van der Waals surface area contributed by atoms with E-state index >= 15 is 13.2 Å². The third kappa shape index (κ3) is 4.70. The van der Waals surface area contributed by atoms with E-state index < -0.39 is 69.1 Å². The normalized spacial score (nSPS) is 27.0. The second-order valence-electron chi connectivity index (χ2n) is 12.3. The van der Waals surface area contributed by atoms with Crippen LogP contribution in [0.2, 0.25) is 0 Å². The monoisotopic (exact) mass is 625 g/mol. The molecular formula is C29H30F7N7O. The number of anilines is 2. The fourth-order valence-electron chi connectivity index (χ4n) is 7.60. The smallest absolute Gasteiger partial charge is 0.418 e. The summed E-state index contributed by atoms with van der Waals surface area (Å²) < 4.78 is 110. The summed E-state index contributed by atoms with van der Waals surface area (Å²) in [5.41, 5.74) is -0.643. The highest BCUT2D eigenvalue weighted by atomic mass is 19.4. The number of nitrogens with zero attached hydrogens (tertiary/aromatic N) is 5. The fourth-order valence-corrected chi connectivity index (χ4v) is 7.60. The van der Waals surface area contributed by atoms with Crippen molar-refractivity contribution in [2.45, 2.75) is 69.0 Å². The van der Waals surface area contributed by atoms with E-state index in [1.165, 1.54) is 0 Å². The van der Waals surface area contributed by atoms with E-state index in [-0.39, 0.29) is 48.9 Å². The van der Waals surface area contributed by atoms with Crippen molar-refractivity contribution in [1.82, 2.24) is 25.2 Å². The van der Waals surface area contributed by atoms with Gasteiger partial charge in [0.15, 0.2) is 17.5 Å². The molecule has 4 aliphatic rings. The molecule has 44 heavy (non-hydrogen) atoms. The molecule has 236 valence electrons. The van der Waals surface area contributed by atoms with Crippen LogP contribution in [0, 0.1) is 24.4 Å². The molecule has 2 bridgehead atoms. The Morgan fingerprint density at radius 1 is 1.05 bits per heavy atom. The largest absolute Gasteiger partial charge is 0.461 e. The predicted molar refractivity (Wildman–Crippen MR) is 147 cm³/mol. The summed E-state index contributed by atoms with van der Waals surface area (Å²) >= 11 is 0. The fraction of sp³-hybridized carbons (Fsp3) is 0.552. The number of pyridine rings is 1. The van der Waals surface area contributed by atoms with Gasteiger partial charge < -0.3 is 20.7 Å². The van der Waals surface area contributed by atoms with E-state index in [1.54, 1.807) is 0 Å². The van der Waals surface area contributed by atoms with Crippen LogP contribution in [-0.2, 0) is 6.18 Å². The summed E-state index contributed by atoms with van der Waals surface area (Å²) in [4.78, 5) is 16.0. The van der Waals surface area contributed by atoms with Gasteiger partial charge in [-0.05, 0) is 45.2 Å². The number of nitrogens with two attached hydrogens (primary N) is 1. The molecule has 0 amide bonds. The first-order valence-electron chi connectivity index (χ1n) is 14.6. The van der Waals surface area contributed by atoms with Crippen molar-refractivity contribution >= 4 is 22.5 Å². The summed E-state index contributed by atoms with van der Waals surface area (Å²) in [6.07, 6.45) is -2.66. The number of halogens is 7. The van der Waals surface area contributed by atoms with Crippen LogP contribution in [0.4, 0.5) is 42.4 Å². The predicted octanol–water partition coefficient (Wildman–Crippen LogP) is 4.91. The van der Waals surface area contributed by atoms with Crippen LogP contribution >= 0.6 is 0 Å². The van der Waals surface area contributed by atoms with Gasteiger partial charge in [0.05, 0.1) is 22.4 Å². The van der Waals surface area contributed by atoms with E-state index in [1.807, 2.05) is 9.80 Å². The molecule has 0 radical (unpaired) electrons. The van der Waals surface area contributed by atoms with Gasteiger partial charge in [-0.1, -0.05) is 0 Å². The first kappa shape index (κ1) is 29.3. The molecule has 4 atom stereocenters. The highest BCUT2D eigenvalue weighted by Gasteiger charge is 2.49. The van der Waals surface area contributed by atoms with Gasteiger partial charge >= 0.3 is 12.2 Å². The molecule has 4 fully saturated rings. The van der Waals surface area contributed by atoms with Gasteiger partial charge in [0, 0.05) is 49.1 Å². The second kappa shape index (κ2) is 10.3. The van der Waals surface area contributed by atoms with Crippen molar-refractivity contribution in [3.63, 3.8) is 0 Å². The number of aromatic nitrogens is 3. The lowest BCUT2D eigenvalue weighted by Gasteiger charge is -2.34. The summed E-state index contributed by atoms with van der Waals surface area (Å²) in [5.74, 6) is -5.46. The SMILES string of the molecule is Cc1nc(N)c(F)c(-c2c(F)cc3c(N4C[C@H]5CC[C@@H](C4)N5)nc(OC[C@@]45CCCN4C[C@H](F)C5)nc3c2F)c1C(F)(F)F. The Labute approximate surface area is 247 Å². The van der Waals surface area contributed by atoms with Crippen molar-refractivity contribution in [2.75, 3.05) is 43.4 Å². The molecule has 3 aromatic rings. The number of hydrogen-bond acceptors (Lipinski definition) is 8. The maximum absolute atomic E-state index is 16.5. The molecule has 3 N–H and O–H groups in total. The third-order valence-corrected chi connectivity index (χ3v) is 9.47. The molecule has 6 heterocycles. The van der Waals surface area contributed by atoms with Gasteiger partial charge in [-0.3, -0.25) is 4.90 Å². The number of rotatable bonds is 5. The highest BCUT2D eigenvalue weighted by Crippen LogP contribution is 2.45. The molecule has 2 aromatic heterocycles. The van der Waals surface area contributed by atoms with Crippen LogP contribution in [0.1, 0.15) is 43.4 Å². The number of nitrogens with one attached hydrogen (secondary N) is 1. The van der Waals surface area contributed by atoms with Crippen molar-refractivity contribution in [1.29, 1.82) is 0 Å². The summed E-state index contributed by atoms with van der Waals surface area (Å²) in [5, 5.41) is 3.36. The van der Waals surface area contributed by atoms with Crippen LogP contribution in [0.15, 0.2) is 6.07 Å². The lowest BCUT2D eigenvalue weighted by Crippen LogP contribution is -2.51. The Kier molecular flexibility index (Phi) is 6.84. The Balaban J connectivity index is 1.40. The standard InChI is InChI=1S/C29H30F7N7O/c1-13-21(29(34,35)36)20(23(33)25(37)38-13)19-18(31)7-17-24(22(19)32)40-27(41-26(17)42-10-15-3-4-16(11-42)39-15)44-12-28-5-2-6-43(28)9-14(30)8-28/h7,14-16,39H,2-6,8-12H2,1H3,(H2,37,38)/t14-,15-,16+,28+/m1/s1. The summed E-state index contributed by atoms with van der Waals surface area (Å²) in [7, 11) is 0. The molecule has 4 saturated heterocycles. The molecular weight excluding hydrogens is 595 g/mol. The zero-order chi connectivity index (χ0) is 31.1. The van der Waals surface area contributed by atoms with Crippen LogP contribution in [0.25, 0.3) is 22.0 Å². The Morgan fingerprint density at radius 3 is 2.48 bits per heavy atom. The zero-order valence-corrected chi connectivity index (χ0v) is 23.7. The number of nitrogen functional groups attached to an aromatic ring is 1. The number of ether oxygens (including phenoxy) is 1. The van der Waals surface area contributed by atoms with Crippen LogP contribution in [-0.4, -0.2) is 76.4 Å². The van der Waals surface area contributed by atoms with Gasteiger partial charge in [0.1, 0.15) is 29.9 Å². The average molecular weight is 626 g/mol. The number of aryl methyl sites for hydroxylation is 1. The minimum Gasteiger partial charge on any atom is -0.461 e. The molecule has 8 nitrogen and oxygen atoms in total. The topological polar surface area (TPSA) is 92.4 Å². The number of piperazine rings is 1. The maximum Gasteiger partial charge on any atom is 0.418 e. The van der Waals surface area contributed by atoms with E-state index in [9.17, 15) is 17.6 Å². The summed E-state index contributed by atoms with van der Waals surface area (Å²) in [6.45, 7) is 2.84. The van der Waals surface area contributed by atoms with Crippen LogP contribution < -0.4 is 20.7 Å². The van der Waals surface area contributed by atoms with Crippen molar-refractivity contribution in [2.24, 2.45) is 0 Å². The Morgan fingerprint density at radius 2 is 1.77 bits per heavy atom. The lowest BCUT2D eigenvalue weighted by atomic mass is 9.95. The Bertz CT molecular complexity index is 1640. The molecule has 0 aliphatic carbocycles. The third-order valence-electron chi connectivity index (χ3n) is 9.47. The van der Waals surface area contributed by atoms with Gasteiger partial charge in [-0.15, -0.1) is 0 Å². The zero-order valence-electron chi connectivity index (χ0n) is 23.7. The van der Waals surface area contributed by atoms with Gasteiger partial charge in [0.25, 0.3) is 0 Å². The molecule has 0 spiro atoms. The molecule has 1 aromatic carbocycles. The maximum atomic E-state index is 16.5. The number of alkyl halides is 4. The average Bonchev–Trinajstić information content (AvgIpc) is 3.59. The minimum absolute atomic E-state index is 0.00771. The van der Waals surface area contributed by atoms with Crippen molar-refractivity contribution < 1.29 is 35.5 Å². The van der Waals surface area contributed by atoms with Crippen molar-refractivity contribution in [3.05, 3.63) is 34.8 Å². The molecule has 7 rings (SSSR count). The van der Waals surface area contributed by atoms with Crippen LogP contribution in [0.3, 0.4) is 0 Å². The lowest BCUT2D eigenvalue weighted by molar-refractivity contribution is -0.137. The highest BCUT2D eigenvalue weighted by molar-refractivity contribution is 5.94. The van der Waals surface area contributed by atoms with Gasteiger partial charge in [-0.25, -0.2) is 22.5 Å². The molecule has 0 unspecified atom stereocenters. The van der Waals surface area contributed by atoms with Crippen molar-refractivity contribution in [3.8, 4) is 17.1 Å². The van der Waals surface area contributed by atoms with Crippen LogP contribution in [0.5, 0.6) is 6.01 Å². The van der Waals surface area contributed by atoms with E-state index in [2.05, 4.69) is 20.3 Å². The minimum atomic E-state index is -5.21. The Hall–Kier alpha value is -3.46. The number of fused-ring (bicyclic) bond motifs is 4. The molecule has 0 saturated carbocycles. The molecule has 15 heteroatoms. The first-order chi connectivity index (χ1) is 20.8. The summed E-state index contributed by atoms with van der Waals surface area (Å²) in [6, 6.07) is 0.744. The molecule has 4 aliphatic heterocycles. The van der Waals surface area contributed by atoms with Gasteiger partial charge in [-0.2, -0.15) is 23.1 Å². The first-order valence-corrected chi connectivity index (χ1v) is 14.6. The quantitative estimate of drug-likeness (QED) is 0.387. The number of benzene rings is 1. The van der Waals surface area contributed by atoms with E-state index in [0.717, 1.165) is 32.3 Å². The second-order valence-corrected chi connectivity index (χ2v) is 12.3. The van der Waals surface area contributed by atoms with E-state index in [0.29, 0.717) is 26.1 Å². The number of hydrogen-bond donors (Lipinski definition) is 2. The van der Waals surface area contributed by atoms with Gasteiger partial charge in [0.2, 0.25) is 0 Å².